The van der Waals surface area contributed by atoms with Crippen molar-refractivity contribution in [2.45, 2.75) is 12.5 Å². The summed E-state index contributed by atoms with van der Waals surface area (Å²) in [5, 5.41) is 2.81. The zero-order valence-electron chi connectivity index (χ0n) is 13.3. The van der Waals surface area contributed by atoms with Crippen LogP contribution in [0.25, 0.3) is 0 Å². The van der Waals surface area contributed by atoms with Gasteiger partial charge in [0.2, 0.25) is 5.88 Å². The second-order valence-electron chi connectivity index (χ2n) is 5.41. The number of amides is 1. The van der Waals surface area contributed by atoms with Crippen LogP contribution in [0.15, 0.2) is 48.7 Å². The van der Waals surface area contributed by atoms with Crippen LogP contribution in [0.2, 0.25) is 0 Å². The Labute approximate surface area is 145 Å². The van der Waals surface area contributed by atoms with E-state index in [0.717, 1.165) is 23.7 Å². The third-order valence-corrected chi connectivity index (χ3v) is 4.71. The number of ether oxygens (including phenoxy) is 2. The van der Waals surface area contributed by atoms with E-state index < -0.39 is 0 Å². The zero-order chi connectivity index (χ0) is 16.6. The molecule has 1 aromatic carbocycles. The molecule has 3 rings (SSSR count). The maximum atomic E-state index is 12.1. The van der Waals surface area contributed by atoms with Crippen molar-refractivity contribution in [3.63, 3.8) is 0 Å². The van der Waals surface area contributed by atoms with E-state index in [2.05, 4.69) is 10.3 Å². The number of thioether (sulfide) groups is 1. The van der Waals surface area contributed by atoms with Gasteiger partial charge in [-0.1, -0.05) is 18.2 Å². The SMILES string of the molecule is O=C(NCCOc1ccccc1)c1ccc(OC2CCSC2)nc1. The minimum absolute atomic E-state index is 0.165. The first-order valence-corrected chi connectivity index (χ1v) is 9.13. The number of benzene rings is 1. The van der Waals surface area contributed by atoms with Crippen molar-refractivity contribution in [1.29, 1.82) is 0 Å². The van der Waals surface area contributed by atoms with E-state index in [9.17, 15) is 4.79 Å². The van der Waals surface area contributed by atoms with E-state index >= 15 is 0 Å². The summed E-state index contributed by atoms with van der Waals surface area (Å²) in [6, 6.07) is 13.0. The number of rotatable bonds is 7. The number of aromatic nitrogens is 1. The van der Waals surface area contributed by atoms with Crippen LogP contribution in [0.4, 0.5) is 0 Å². The molecule has 5 nitrogen and oxygen atoms in total. The first-order chi connectivity index (χ1) is 11.8. The Morgan fingerprint density at radius 2 is 2.12 bits per heavy atom. The van der Waals surface area contributed by atoms with Gasteiger partial charge in [-0.25, -0.2) is 4.98 Å². The second kappa shape index (κ2) is 8.59. The van der Waals surface area contributed by atoms with Crippen molar-refractivity contribution >= 4 is 17.7 Å². The molecule has 1 unspecified atom stereocenters. The third kappa shape index (κ3) is 4.89. The molecule has 1 aliphatic rings. The molecule has 0 saturated carbocycles. The van der Waals surface area contributed by atoms with E-state index in [4.69, 9.17) is 9.47 Å². The van der Waals surface area contributed by atoms with Crippen molar-refractivity contribution in [1.82, 2.24) is 10.3 Å². The average Bonchev–Trinajstić information content (AvgIpc) is 3.13. The molecule has 126 valence electrons. The third-order valence-electron chi connectivity index (χ3n) is 3.57. The summed E-state index contributed by atoms with van der Waals surface area (Å²) in [5.41, 5.74) is 0.517. The molecule has 0 spiro atoms. The highest BCUT2D eigenvalue weighted by Gasteiger charge is 2.17. The minimum atomic E-state index is -0.165. The summed E-state index contributed by atoms with van der Waals surface area (Å²) in [4.78, 5) is 16.3. The fourth-order valence-electron chi connectivity index (χ4n) is 2.31. The van der Waals surface area contributed by atoms with Gasteiger partial charge in [0.05, 0.1) is 12.1 Å². The number of carbonyl (C=O) groups excluding carboxylic acids is 1. The molecule has 0 aliphatic carbocycles. The lowest BCUT2D eigenvalue weighted by Crippen LogP contribution is -2.28. The molecular weight excluding hydrogens is 324 g/mol. The Morgan fingerprint density at radius 1 is 1.25 bits per heavy atom. The van der Waals surface area contributed by atoms with Gasteiger partial charge in [0.1, 0.15) is 18.5 Å². The fraction of sp³-hybridized carbons (Fsp3) is 0.333. The smallest absolute Gasteiger partial charge is 0.252 e. The van der Waals surface area contributed by atoms with Gasteiger partial charge in [-0.15, -0.1) is 0 Å². The topological polar surface area (TPSA) is 60.5 Å². The molecule has 0 radical (unpaired) electrons. The molecule has 6 heteroatoms. The minimum Gasteiger partial charge on any atom is -0.492 e. The Bertz CT molecular complexity index is 643. The summed E-state index contributed by atoms with van der Waals surface area (Å²) < 4.78 is 11.3. The lowest BCUT2D eigenvalue weighted by Gasteiger charge is -2.11. The van der Waals surface area contributed by atoms with E-state index in [0.29, 0.717) is 24.6 Å². The summed E-state index contributed by atoms with van der Waals surface area (Å²) in [7, 11) is 0. The van der Waals surface area contributed by atoms with E-state index in [-0.39, 0.29) is 12.0 Å². The zero-order valence-corrected chi connectivity index (χ0v) is 14.1. The van der Waals surface area contributed by atoms with E-state index in [1.165, 1.54) is 0 Å². The lowest BCUT2D eigenvalue weighted by molar-refractivity contribution is 0.0946. The van der Waals surface area contributed by atoms with E-state index in [1.54, 1.807) is 18.3 Å². The molecule has 0 bridgehead atoms. The maximum absolute atomic E-state index is 12.1. The Hall–Kier alpha value is -2.21. The average molecular weight is 344 g/mol. The highest BCUT2D eigenvalue weighted by atomic mass is 32.2. The van der Waals surface area contributed by atoms with Crippen LogP contribution in [0.3, 0.4) is 0 Å². The molecular formula is C18H20N2O3S. The van der Waals surface area contributed by atoms with Crippen molar-refractivity contribution < 1.29 is 14.3 Å². The maximum Gasteiger partial charge on any atom is 0.252 e. The molecule has 1 amide bonds. The van der Waals surface area contributed by atoms with Crippen LogP contribution in [0.5, 0.6) is 11.6 Å². The van der Waals surface area contributed by atoms with Gasteiger partial charge in [0.15, 0.2) is 0 Å². The van der Waals surface area contributed by atoms with Gasteiger partial charge in [-0.2, -0.15) is 11.8 Å². The lowest BCUT2D eigenvalue weighted by atomic mass is 10.2. The highest BCUT2D eigenvalue weighted by Crippen LogP contribution is 2.21. The fourth-order valence-corrected chi connectivity index (χ4v) is 3.41. The Morgan fingerprint density at radius 3 is 2.83 bits per heavy atom. The van der Waals surface area contributed by atoms with Crippen LogP contribution in [0.1, 0.15) is 16.8 Å². The predicted octanol–water partition coefficient (Wildman–Crippen LogP) is 2.77. The largest absolute Gasteiger partial charge is 0.492 e. The molecule has 1 saturated heterocycles. The van der Waals surface area contributed by atoms with Crippen molar-refractivity contribution in [3.05, 3.63) is 54.2 Å². The molecule has 1 aromatic heterocycles. The number of pyridine rings is 1. The number of para-hydroxylation sites is 1. The van der Waals surface area contributed by atoms with E-state index in [1.807, 2.05) is 42.1 Å². The summed E-state index contributed by atoms with van der Waals surface area (Å²) in [6.45, 7) is 0.856. The number of nitrogens with one attached hydrogen (secondary N) is 1. The van der Waals surface area contributed by atoms with Crippen LogP contribution in [0, 0.1) is 0 Å². The molecule has 1 N–H and O–H groups in total. The van der Waals surface area contributed by atoms with Gasteiger partial charge in [0, 0.05) is 18.0 Å². The number of nitrogens with zero attached hydrogens (tertiary/aromatic N) is 1. The van der Waals surface area contributed by atoms with Crippen LogP contribution < -0.4 is 14.8 Å². The quantitative estimate of drug-likeness (QED) is 0.783. The highest BCUT2D eigenvalue weighted by molar-refractivity contribution is 7.99. The van der Waals surface area contributed by atoms with Crippen molar-refractivity contribution in [3.8, 4) is 11.6 Å². The van der Waals surface area contributed by atoms with Gasteiger partial charge in [0.25, 0.3) is 5.91 Å². The normalized spacial score (nSPS) is 16.6. The second-order valence-corrected chi connectivity index (χ2v) is 6.56. The monoisotopic (exact) mass is 344 g/mol. The Kier molecular flexibility index (Phi) is 5.96. The first-order valence-electron chi connectivity index (χ1n) is 7.98. The number of hydrogen-bond acceptors (Lipinski definition) is 5. The van der Waals surface area contributed by atoms with Gasteiger partial charge < -0.3 is 14.8 Å². The van der Waals surface area contributed by atoms with Crippen molar-refractivity contribution in [2.24, 2.45) is 0 Å². The molecule has 1 atom stereocenters. The summed E-state index contributed by atoms with van der Waals surface area (Å²) in [5.74, 6) is 3.34. The van der Waals surface area contributed by atoms with Gasteiger partial charge in [-0.05, 0) is 30.4 Å². The predicted molar refractivity (Wildman–Crippen MR) is 94.9 cm³/mol. The van der Waals surface area contributed by atoms with Crippen molar-refractivity contribution in [2.75, 3.05) is 24.7 Å². The molecule has 2 aromatic rings. The summed E-state index contributed by atoms with van der Waals surface area (Å²) >= 11 is 1.89. The van der Waals surface area contributed by atoms with Crippen LogP contribution in [-0.2, 0) is 0 Å². The standard InChI is InChI=1S/C18H20N2O3S/c21-18(19-9-10-22-15-4-2-1-3-5-15)14-6-7-17(20-12-14)23-16-8-11-24-13-16/h1-7,12,16H,8-11,13H2,(H,19,21). The number of hydrogen-bond donors (Lipinski definition) is 1. The first kappa shape index (κ1) is 16.6. The van der Waals surface area contributed by atoms with Crippen LogP contribution >= 0.6 is 11.8 Å². The van der Waals surface area contributed by atoms with Gasteiger partial charge >= 0.3 is 0 Å². The summed E-state index contributed by atoms with van der Waals surface area (Å²) in [6.07, 6.45) is 2.83. The molecule has 24 heavy (non-hydrogen) atoms. The molecule has 2 heterocycles. The Balaban J connectivity index is 1.41. The van der Waals surface area contributed by atoms with Crippen LogP contribution in [-0.4, -0.2) is 41.7 Å². The molecule has 1 aliphatic heterocycles. The molecule has 1 fully saturated rings. The van der Waals surface area contributed by atoms with Gasteiger partial charge in [-0.3, -0.25) is 4.79 Å². The number of carbonyl (C=O) groups is 1.